The van der Waals surface area contributed by atoms with Crippen LogP contribution in [0.15, 0.2) is 24.0 Å². The second-order valence-corrected chi connectivity index (χ2v) is 7.26. The van der Waals surface area contributed by atoms with Crippen molar-refractivity contribution in [3.63, 3.8) is 0 Å². The fourth-order valence-corrected chi connectivity index (χ4v) is 4.61. The molecule has 0 amide bonds. The molecule has 3 rings (SSSR count). The lowest BCUT2D eigenvalue weighted by atomic mass is 9.63. The number of hydrogen-bond acceptors (Lipinski definition) is 5. The van der Waals surface area contributed by atoms with E-state index in [-0.39, 0.29) is 30.8 Å². The molecule has 2 fully saturated rings. The second-order valence-electron chi connectivity index (χ2n) is 7.26. The molecule has 0 aromatic carbocycles. The van der Waals surface area contributed by atoms with Gasteiger partial charge in [-0.3, -0.25) is 5.26 Å². The van der Waals surface area contributed by atoms with Gasteiger partial charge >= 0.3 is 6.18 Å². The van der Waals surface area contributed by atoms with Gasteiger partial charge in [0.2, 0.25) is 12.0 Å². The van der Waals surface area contributed by atoms with Gasteiger partial charge in [0.25, 0.3) is 0 Å². The number of hydrogen-bond donors (Lipinski definition) is 1. The van der Waals surface area contributed by atoms with E-state index in [0.717, 1.165) is 12.8 Å². The summed E-state index contributed by atoms with van der Waals surface area (Å²) in [6.45, 7) is 5.16. The first-order chi connectivity index (χ1) is 12.3. The zero-order chi connectivity index (χ0) is 18.9. The highest BCUT2D eigenvalue weighted by Gasteiger charge is 2.64. The fraction of sp³-hybridized carbons (Fsp3) is 0.778. The van der Waals surface area contributed by atoms with Crippen LogP contribution in [-0.2, 0) is 19.1 Å². The predicted octanol–water partition coefficient (Wildman–Crippen LogP) is 4.21. The molecule has 1 saturated carbocycles. The number of allylic oxidation sites excluding steroid dienone is 1. The molecule has 0 spiro atoms. The van der Waals surface area contributed by atoms with Gasteiger partial charge in [-0.05, 0) is 38.5 Å². The van der Waals surface area contributed by atoms with Crippen LogP contribution in [0.4, 0.5) is 13.2 Å². The minimum atomic E-state index is -4.68. The van der Waals surface area contributed by atoms with Crippen molar-refractivity contribution < 1.29 is 37.5 Å². The third-order valence-corrected chi connectivity index (χ3v) is 5.72. The van der Waals surface area contributed by atoms with Crippen LogP contribution in [0.5, 0.6) is 0 Å². The molecule has 2 unspecified atom stereocenters. The summed E-state index contributed by atoms with van der Waals surface area (Å²) < 4.78 is 57.5. The monoisotopic (exact) mass is 378 g/mol. The zero-order valence-corrected chi connectivity index (χ0v) is 14.8. The van der Waals surface area contributed by atoms with Crippen molar-refractivity contribution in [3.05, 3.63) is 24.0 Å². The summed E-state index contributed by atoms with van der Waals surface area (Å²) in [5.74, 6) is -1.92. The Hall–Kier alpha value is -1.09. The van der Waals surface area contributed by atoms with Crippen molar-refractivity contribution >= 4 is 0 Å². The number of rotatable bonds is 5. The molecule has 5 nitrogen and oxygen atoms in total. The van der Waals surface area contributed by atoms with E-state index in [1.807, 2.05) is 0 Å². The molecule has 1 saturated heterocycles. The third-order valence-electron chi connectivity index (χ3n) is 5.72. The Balaban J connectivity index is 2.08. The molecule has 0 aromatic heterocycles. The standard InChI is InChI=1S/C18H25F3O5/c1-3-9-23-10-13-14-6-4-5-12-8-7-11(2)24-16(17(12,14)26-22)25-15(13)18(19,20)21/h3,11-12,14,16,22H,1,4-10H2,2H3/t11-,12?,14-,16-,17?/m0/s1. The molecule has 1 N–H and O–H groups in total. The van der Waals surface area contributed by atoms with E-state index in [2.05, 4.69) is 6.58 Å². The molecule has 1 aliphatic carbocycles. The van der Waals surface area contributed by atoms with E-state index in [1.165, 1.54) is 6.08 Å². The summed E-state index contributed by atoms with van der Waals surface area (Å²) in [6.07, 6.45) is -1.49. The quantitative estimate of drug-likeness (QED) is 0.336. The molecule has 8 heteroatoms. The van der Waals surface area contributed by atoms with Crippen LogP contribution in [0, 0.1) is 11.8 Å². The van der Waals surface area contributed by atoms with Crippen molar-refractivity contribution in [2.24, 2.45) is 11.8 Å². The Bertz CT molecular complexity index is 562. The second kappa shape index (κ2) is 7.50. The first kappa shape index (κ1) is 19.7. The molecular weight excluding hydrogens is 353 g/mol. The topological polar surface area (TPSA) is 57.2 Å². The highest BCUT2D eigenvalue weighted by Crippen LogP contribution is 2.56. The van der Waals surface area contributed by atoms with Crippen molar-refractivity contribution in [3.8, 4) is 0 Å². The number of alkyl halides is 3. The average Bonchev–Trinajstić information content (AvgIpc) is 2.73. The molecular formula is C18H25F3O5. The van der Waals surface area contributed by atoms with Gasteiger partial charge in [-0.1, -0.05) is 12.5 Å². The van der Waals surface area contributed by atoms with Gasteiger partial charge in [0.1, 0.15) is 0 Å². The zero-order valence-electron chi connectivity index (χ0n) is 14.8. The molecule has 26 heavy (non-hydrogen) atoms. The van der Waals surface area contributed by atoms with Gasteiger partial charge in [-0.2, -0.15) is 13.2 Å². The van der Waals surface area contributed by atoms with Crippen molar-refractivity contribution in [2.75, 3.05) is 13.2 Å². The van der Waals surface area contributed by atoms with E-state index in [9.17, 15) is 18.4 Å². The van der Waals surface area contributed by atoms with E-state index in [1.54, 1.807) is 6.92 Å². The van der Waals surface area contributed by atoms with E-state index < -0.39 is 29.7 Å². The molecule has 0 radical (unpaired) electrons. The number of halogens is 3. The van der Waals surface area contributed by atoms with Crippen LogP contribution in [-0.4, -0.2) is 42.6 Å². The summed E-state index contributed by atoms with van der Waals surface area (Å²) in [7, 11) is 0. The van der Waals surface area contributed by atoms with E-state index >= 15 is 0 Å². The van der Waals surface area contributed by atoms with Gasteiger partial charge in [0, 0.05) is 11.5 Å². The van der Waals surface area contributed by atoms with Crippen LogP contribution in [0.3, 0.4) is 0 Å². The minimum Gasteiger partial charge on any atom is -0.456 e. The fourth-order valence-electron chi connectivity index (χ4n) is 4.61. The highest BCUT2D eigenvalue weighted by atomic mass is 19.4. The lowest BCUT2D eigenvalue weighted by molar-refractivity contribution is -0.416. The van der Waals surface area contributed by atoms with E-state index in [4.69, 9.17) is 19.1 Å². The maximum absolute atomic E-state index is 13.7. The van der Waals surface area contributed by atoms with Gasteiger partial charge in [-0.25, -0.2) is 4.89 Å². The van der Waals surface area contributed by atoms with Crippen molar-refractivity contribution in [1.82, 2.24) is 0 Å². The largest absolute Gasteiger partial charge is 0.456 e. The maximum Gasteiger partial charge on any atom is 0.449 e. The normalized spacial score (nSPS) is 37.6. The Morgan fingerprint density at radius 2 is 2.08 bits per heavy atom. The van der Waals surface area contributed by atoms with Gasteiger partial charge in [0.15, 0.2) is 5.60 Å². The number of ether oxygens (including phenoxy) is 3. The lowest BCUT2D eigenvalue weighted by Gasteiger charge is -2.52. The van der Waals surface area contributed by atoms with Gasteiger partial charge in [-0.15, -0.1) is 6.58 Å². The highest BCUT2D eigenvalue weighted by molar-refractivity contribution is 5.27. The lowest BCUT2D eigenvalue weighted by Crippen LogP contribution is -2.62. The Kier molecular flexibility index (Phi) is 5.67. The van der Waals surface area contributed by atoms with Gasteiger partial charge < -0.3 is 14.2 Å². The van der Waals surface area contributed by atoms with Gasteiger partial charge in [0.05, 0.1) is 19.3 Å². The summed E-state index contributed by atoms with van der Waals surface area (Å²) in [6, 6.07) is 0. The summed E-state index contributed by atoms with van der Waals surface area (Å²) in [4.78, 5) is 4.95. The summed E-state index contributed by atoms with van der Waals surface area (Å²) in [5.41, 5.74) is -1.36. The Labute approximate surface area is 150 Å². The first-order valence-corrected chi connectivity index (χ1v) is 8.98. The SMILES string of the molecule is C=CCOCC1=C(C(F)(F)F)O[C@@H]2O[C@@H](C)CCC3CCC[C@@H]1C32OO. The van der Waals surface area contributed by atoms with Crippen LogP contribution in [0.1, 0.15) is 39.0 Å². The van der Waals surface area contributed by atoms with Crippen LogP contribution >= 0.6 is 0 Å². The molecule has 2 aliphatic heterocycles. The van der Waals surface area contributed by atoms with Crippen molar-refractivity contribution in [1.29, 1.82) is 0 Å². The summed E-state index contributed by atoms with van der Waals surface area (Å²) in [5, 5.41) is 9.85. The van der Waals surface area contributed by atoms with E-state index in [0.29, 0.717) is 19.3 Å². The molecule has 3 aliphatic rings. The molecule has 0 aromatic rings. The Morgan fingerprint density at radius 3 is 2.73 bits per heavy atom. The first-order valence-electron chi connectivity index (χ1n) is 8.98. The minimum absolute atomic E-state index is 0.0208. The van der Waals surface area contributed by atoms with Crippen LogP contribution in [0.2, 0.25) is 0 Å². The molecule has 0 bridgehead atoms. The maximum atomic E-state index is 13.7. The predicted molar refractivity (Wildman–Crippen MR) is 86.0 cm³/mol. The molecule has 2 heterocycles. The average molecular weight is 378 g/mol. The van der Waals surface area contributed by atoms with Crippen LogP contribution in [0.25, 0.3) is 0 Å². The van der Waals surface area contributed by atoms with Crippen molar-refractivity contribution in [2.45, 2.75) is 63.2 Å². The molecule has 148 valence electrons. The Morgan fingerprint density at radius 1 is 1.31 bits per heavy atom. The third kappa shape index (κ3) is 3.28. The summed E-state index contributed by atoms with van der Waals surface area (Å²) >= 11 is 0. The smallest absolute Gasteiger partial charge is 0.449 e. The molecule has 5 atom stereocenters. The van der Waals surface area contributed by atoms with Crippen LogP contribution < -0.4 is 0 Å².